The molecule has 0 bridgehead atoms. The molecule has 0 aliphatic carbocycles. The van der Waals surface area contributed by atoms with Gasteiger partial charge in [-0.25, -0.2) is 4.98 Å². The van der Waals surface area contributed by atoms with Crippen molar-refractivity contribution in [3.05, 3.63) is 40.8 Å². The topological polar surface area (TPSA) is 62.8 Å². The van der Waals surface area contributed by atoms with Gasteiger partial charge in [0.05, 0.1) is 12.8 Å². The fourth-order valence-corrected chi connectivity index (χ4v) is 1.80. The number of nitrogens with zero attached hydrogens (tertiary/aromatic N) is 2. The molecule has 2 aromatic rings. The number of H-pyrrole nitrogens is 1. The number of aromatic nitrogens is 3. The predicted octanol–water partition coefficient (Wildman–Crippen LogP) is 1.72. The highest BCUT2D eigenvalue weighted by atomic mass is 16.5. The fourth-order valence-electron chi connectivity index (χ4n) is 1.80. The van der Waals surface area contributed by atoms with E-state index < -0.39 is 0 Å². The van der Waals surface area contributed by atoms with Crippen molar-refractivity contribution in [3.8, 4) is 5.88 Å². The molecule has 0 aliphatic rings. The molecule has 2 N–H and O–H groups in total. The van der Waals surface area contributed by atoms with Crippen molar-refractivity contribution in [1.29, 1.82) is 0 Å². The predicted molar refractivity (Wildman–Crippen MR) is 69.4 cm³/mol. The van der Waals surface area contributed by atoms with Gasteiger partial charge in [-0.15, -0.1) is 0 Å². The molecule has 2 heterocycles. The summed E-state index contributed by atoms with van der Waals surface area (Å²) in [5, 5.41) is 10.5. The molecule has 0 radical (unpaired) electrons. The molecular formula is C13H18N4O. The van der Waals surface area contributed by atoms with Gasteiger partial charge in [0.25, 0.3) is 0 Å². The summed E-state index contributed by atoms with van der Waals surface area (Å²) >= 11 is 0. The lowest BCUT2D eigenvalue weighted by Gasteiger charge is -2.05. The molecule has 0 unspecified atom stereocenters. The number of aryl methyl sites for hydroxylation is 2. The van der Waals surface area contributed by atoms with E-state index in [0.29, 0.717) is 5.88 Å². The monoisotopic (exact) mass is 246 g/mol. The maximum Gasteiger partial charge on any atom is 0.212 e. The zero-order valence-corrected chi connectivity index (χ0v) is 10.9. The fraction of sp³-hybridized carbons (Fsp3) is 0.385. The van der Waals surface area contributed by atoms with Crippen molar-refractivity contribution in [2.24, 2.45) is 0 Å². The first-order valence-corrected chi connectivity index (χ1v) is 5.90. The van der Waals surface area contributed by atoms with E-state index in [4.69, 9.17) is 4.74 Å². The molecule has 0 fully saturated rings. The van der Waals surface area contributed by atoms with E-state index in [-0.39, 0.29) is 0 Å². The van der Waals surface area contributed by atoms with E-state index in [9.17, 15) is 0 Å². The van der Waals surface area contributed by atoms with Crippen molar-refractivity contribution in [2.75, 3.05) is 7.11 Å². The summed E-state index contributed by atoms with van der Waals surface area (Å²) in [5.41, 5.74) is 4.53. The maximum atomic E-state index is 5.02. The molecule has 0 amide bonds. The Hall–Kier alpha value is -1.88. The summed E-state index contributed by atoms with van der Waals surface area (Å²) in [7, 11) is 1.62. The van der Waals surface area contributed by atoms with Crippen molar-refractivity contribution in [3.63, 3.8) is 0 Å². The number of hydrogen-bond donors (Lipinski definition) is 2. The van der Waals surface area contributed by atoms with Gasteiger partial charge in [0.15, 0.2) is 0 Å². The minimum absolute atomic E-state index is 0.639. The number of rotatable bonds is 5. The quantitative estimate of drug-likeness (QED) is 0.843. The second-order valence-corrected chi connectivity index (χ2v) is 4.22. The average Bonchev–Trinajstić information content (AvgIpc) is 2.71. The number of nitrogens with one attached hydrogen (secondary N) is 2. The Balaban J connectivity index is 1.88. The third kappa shape index (κ3) is 2.87. The molecule has 0 saturated heterocycles. The van der Waals surface area contributed by atoms with Crippen molar-refractivity contribution in [2.45, 2.75) is 26.9 Å². The number of pyridine rings is 1. The highest BCUT2D eigenvalue weighted by molar-refractivity contribution is 5.23. The minimum Gasteiger partial charge on any atom is -0.481 e. The van der Waals surface area contributed by atoms with E-state index in [1.165, 1.54) is 5.56 Å². The van der Waals surface area contributed by atoms with Crippen molar-refractivity contribution >= 4 is 0 Å². The zero-order chi connectivity index (χ0) is 13.0. The van der Waals surface area contributed by atoms with Gasteiger partial charge in [-0.2, -0.15) is 5.10 Å². The Morgan fingerprint density at radius 2 is 2.11 bits per heavy atom. The second-order valence-electron chi connectivity index (χ2n) is 4.22. The summed E-state index contributed by atoms with van der Waals surface area (Å²) in [5.74, 6) is 0.639. The molecule has 0 saturated carbocycles. The van der Waals surface area contributed by atoms with Crippen LogP contribution in [0.5, 0.6) is 5.88 Å². The highest BCUT2D eigenvalue weighted by Gasteiger charge is 2.05. The molecule has 2 aromatic heterocycles. The van der Waals surface area contributed by atoms with Gasteiger partial charge in [-0.1, -0.05) is 6.07 Å². The van der Waals surface area contributed by atoms with E-state index >= 15 is 0 Å². The molecule has 0 atom stereocenters. The number of ether oxygens (including phenoxy) is 1. The van der Waals surface area contributed by atoms with Crippen LogP contribution in [0.15, 0.2) is 18.3 Å². The van der Waals surface area contributed by atoms with E-state index in [1.807, 2.05) is 32.2 Å². The van der Waals surface area contributed by atoms with Gasteiger partial charge < -0.3 is 10.1 Å². The maximum absolute atomic E-state index is 5.02. The Bertz CT molecular complexity index is 485. The average molecular weight is 246 g/mol. The molecule has 0 aromatic carbocycles. The van der Waals surface area contributed by atoms with Crippen LogP contribution in [-0.4, -0.2) is 22.3 Å². The van der Waals surface area contributed by atoms with Crippen LogP contribution in [0.4, 0.5) is 0 Å². The second kappa shape index (κ2) is 5.64. The highest BCUT2D eigenvalue weighted by Crippen LogP contribution is 2.10. The van der Waals surface area contributed by atoms with E-state index in [1.54, 1.807) is 7.11 Å². The number of methoxy groups -OCH3 is 1. The summed E-state index contributed by atoms with van der Waals surface area (Å²) in [6.45, 7) is 5.63. The van der Waals surface area contributed by atoms with Crippen molar-refractivity contribution < 1.29 is 4.74 Å². The van der Waals surface area contributed by atoms with Gasteiger partial charge >= 0.3 is 0 Å². The summed E-state index contributed by atoms with van der Waals surface area (Å²) < 4.78 is 5.02. The molecule has 18 heavy (non-hydrogen) atoms. The normalized spacial score (nSPS) is 10.6. The van der Waals surface area contributed by atoms with Crippen molar-refractivity contribution in [1.82, 2.24) is 20.5 Å². The largest absolute Gasteiger partial charge is 0.481 e. The van der Waals surface area contributed by atoms with Crippen LogP contribution < -0.4 is 10.1 Å². The lowest BCUT2D eigenvalue weighted by molar-refractivity contribution is 0.397. The first kappa shape index (κ1) is 12.6. The number of hydrogen-bond acceptors (Lipinski definition) is 4. The van der Waals surface area contributed by atoms with Crippen LogP contribution in [0.1, 0.15) is 22.5 Å². The third-order valence-corrected chi connectivity index (χ3v) is 2.92. The molecule has 5 nitrogen and oxygen atoms in total. The summed E-state index contributed by atoms with van der Waals surface area (Å²) in [4.78, 5) is 4.17. The SMILES string of the molecule is COc1ccc(CNCc2c(C)n[nH]c2C)cn1. The first-order valence-electron chi connectivity index (χ1n) is 5.90. The Morgan fingerprint density at radius 1 is 1.28 bits per heavy atom. The zero-order valence-electron chi connectivity index (χ0n) is 10.9. The smallest absolute Gasteiger partial charge is 0.212 e. The van der Waals surface area contributed by atoms with Gasteiger partial charge in [0, 0.05) is 36.6 Å². The summed E-state index contributed by atoms with van der Waals surface area (Å²) in [6, 6.07) is 3.87. The van der Waals surface area contributed by atoms with Crippen LogP contribution >= 0.6 is 0 Å². The van der Waals surface area contributed by atoms with Crippen LogP contribution in [-0.2, 0) is 13.1 Å². The van der Waals surface area contributed by atoms with Gasteiger partial charge in [-0.05, 0) is 19.4 Å². The van der Waals surface area contributed by atoms with Crippen LogP contribution in [0.2, 0.25) is 0 Å². The van der Waals surface area contributed by atoms with Gasteiger partial charge in [-0.3, -0.25) is 5.10 Å². The third-order valence-electron chi connectivity index (χ3n) is 2.92. The first-order chi connectivity index (χ1) is 8.70. The van der Waals surface area contributed by atoms with E-state index in [2.05, 4.69) is 20.5 Å². The lowest BCUT2D eigenvalue weighted by Crippen LogP contribution is -2.13. The molecule has 2 rings (SSSR count). The minimum atomic E-state index is 0.639. The van der Waals surface area contributed by atoms with Crippen LogP contribution in [0.25, 0.3) is 0 Å². The number of aromatic amines is 1. The summed E-state index contributed by atoms with van der Waals surface area (Å²) in [6.07, 6.45) is 1.82. The molecular weight excluding hydrogens is 228 g/mol. The molecule has 96 valence electrons. The molecule has 0 spiro atoms. The van der Waals surface area contributed by atoms with Gasteiger partial charge in [0.2, 0.25) is 5.88 Å². The molecule has 0 aliphatic heterocycles. The van der Waals surface area contributed by atoms with Gasteiger partial charge in [0.1, 0.15) is 0 Å². The van der Waals surface area contributed by atoms with E-state index in [0.717, 1.165) is 30.0 Å². The Morgan fingerprint density at radius 3 is 2.67 bits per heavy atom. The molecule has 5 heteroatoms. The standard InChI is InChI=1S/C13H18N4O/c1-9-12(10(2)17-16-9)8-14-6-11-4-5-13(18-3)15-7-11/h4-5,7,14H,6,8H2,1-3H3,(H,16,17). The Kier molecular flexibility index (Phi) is 3.94. The lowest BCUT2D eigenvalue weighted by atomic mass is 10.2. The van der Waals surface area contributed by atoms with Crippen LogP contribution in [0.3, 0.4) is 0 Å². The van der Waals surface area contributed by atoms with Crippen LogP contribution in [0, 0.1) is 13.8 Å². The Labute approximate surface area is 107 Å².